The van der Waals surface area contributed by atoms with Crippen LogP contribution in [-0.4, -0.2) is 16.2 Å². The van der Waals surface area contributed by atoms with Gasteiger partial charge in [0.15, 0.2) is 0 Å². The predicted molar refractivity (Wildman–Crippen MR) is 212 cm³/mol. The Morgan fingerprint density at radius 2 is 1.56 bits per heavy atom. The molecule has 4 heteroatoms. The van der Waals surface area contributed by atoms with E-state index in [9.17, 15) is 0 Å². The lowest BCUT2D eigenvalue weighted by atomic mass is 9.61. The van der Waals surface area contributed by atoms with Gasteiger partial charge in [0.05, 0.1) is 0 Å². The van der Waals surface area contributed by atoms with Crippen molar-refractivity contribution in [2.45, 2.75) is 123 Å². The fraction of sp³-hybridized carbons (Fsp3) is 0.946. The van der Waals surface area contributed by atoms with Crippen LogP contribution in [0.5, 0.6) is 0 Å². The van der Waals surface area contributed by atoms with Gasteiger partial charge in [-0.2, -0.15) is 0 Å². The van der Waals surface area contributed by atoms with Crippen molar-refractivity contribution < 1.29 is 0 Å². The zero-order valence-corrected chi connectivity index (χ0v) is 35.1. The minimum atomic E-state index is 0.852. The largest absolute Gasteiger partial charge is 0.0861 e. The van der Waals surface area contributed by atoms with E-state index < -0.39 is 0 Å². The molecule has 0 bridgehead atoms. The SMILES string of the molecule is CCCC1C2CC(I)C(I)CCC3C[C@H]4C5=C(C1C(C)C(C(CC)C(I)CC1CCC(CI)CCC1C)C4C)C2C53. The van der Waals surface area contributed by atoms with Gasteiger partial charge in [0.25, 0.3) is 0 Å². The van der Waals surface area contributed by atoms with Gasteiger partial charge in [-0.1, -0.05) is 155 Å². The number of allylic oxidation sites excluding steroid dienone is 2. The standard InChI is InChI=1S/C37H58I4/c1-6-8-26-28-17-31(41)29(39)14-13-24-15-27-20(4)32(21(5)33(26)37-35(27)34(24)36(28)37)25(7-2)30(40)16-23-12-11-22(18-38)10-9-19(23)3/h19-34,36H,6-18H2,1-5H3/t19?,20?,21?,22?,23?,24?,25?,26?,27-,28?,29?,30?,31?,32?,33?,34?,36?/m1/s1. The smallest absolute Gasteiger partial charge is 0.0230 e. The molecule has 0 aromatic carbocycles. The van der Waals surface area contributed by atoms with Crippen molar-refractivity contribution in [1.29, 1.82) is 0 Å². The Morgan fingerprint density at radius 1 is 0.805 bits per heavy atom. The molecule has 0 radical (unpaired) electrons. The average molecular weight is 1010 g/mol. The van der Waals surface area contributed by atoms with Crippen molar-refractivity contribution in [1.82, 2.24) is 0 Å². The van der Waals surface area contributed by atoms with Gasteiger partial charge in [-0.25, -0.2) is 0 Å². The van der Waals surface area contributed by atoms with Crippen LogP contribution in [0.2, 0.25) is 0 Å². The third-order valence-corrected chi connectivity index (χ3v) is 21.4. The van der Waals surface area contributed by atoms with Gasteiger partial charge in [0, 0.05) is 16.2 Å². The van der Waals surface area contributed by atoms with E-state index in [1.54, 1.807) is 6.42 Å². The molecule has 6 aliphatic rings. The highest BCUT2D eigenvalue weighted by Gasteiger charge is 2.66. The molecular weight excluding hydrogens is 952 g/mol. The minimum Gasteiger partial charge on any atom is -0.0861 e. The van der Waals surface area contributed by atoms with Gasteiger partial charge in [-0.15, -0.1) is 0 Å². The second-order valence-corrected chi connectivity index (χ2v) is 21.8. The molecule has 0 amide bonds. The number of rotatable bonds is 8. The van der Waals surface area contributed by atoms with E-state index in [2.05, 4.69) is 136 Å². The molecule has 0 aromatic rings. The number of hydrogen-bond acceptors (Lipinski definition) is 0. The van der Waals surface area contributed by atoms with Crippen LogP contribution in [0.4, 0.5) is 0 Å². The van der Waals surface area contributed by atoms with E-state index in [0.717, 1.165) is 94.6 Å². The van der Waals surface area contributed by atoms with Crippen molar-refractivity contribution in [2.24, 2.45) is 82.9 Å². The molecule has 0 heterocycles. The van der Waals surface area contributed by atoms with E-state index >= 15 is 0 Å². The first-order valence-corrected chi connectivity index (χ1v) is 23.2. The molecule has 6 aliphatic carbocycles. The van der Waals surface area contributed by atoms with Gasteiger partial charge in [-0.05, 0) is 141 Å². The minimum absolute atomic E-state index is 0.852. The Bertz CT molecular complexity index is 945. The topological polar surface area (TPSA) is 0 Å². The summed E-state index contributed by atoms with van der Waals surface area (Å²) in [6, 6.07) is 0. The molecule has 0 aliphatic heterocycles. The third-order valence-electron chi connectivity index (χ3n) is 14.4. The summed E-state index contributed by atoms with van der Waals surface area (Å²) in [6.07, 6.45) is 17.8. The first-order valence-electron chi connectivity index (χ1n) is 17.9. The maximum Gasteiger partial charge on any atom is 0.0230 e. The van der Waals surface area contributed by atoms with Gasteiger partial charge in [0.1, 0.15) is 0 Å². The molecule has 234 valence electrons. The zero-order chi connectivity index (χ0) is 29.2. The quantitative estimate of drug-likeness (QED) is 0.0984. The molecule has 17 atom stereocenters. The number of alkyl halides is 4. The Hall–Kier alpha value is 2.66. The second kappa shape index (κ2) is 14.0. The molecule has 0 N–H and O–H groups in total. The predicted octanol–water partition coefficient (Wildman–Crippen LogP) is 12.6. The molecule has 6 rings (SSSR count). The van der Waals surface area contributed by atoms with Crippen LogP contribution >= 0.6 is 90.4 Å². The van der Waals surface area contributed by atoms with Crippen LogP contribution in [-0.2, 0) is 0 Å². The van der Waals surface area contributed by atoms with Gasteiger partial charge in [0.2, 0.25) is 0 Å². The summed E-state index contributed by atoms with van der Waals surface area (Å²) in [5.41, 5.74) is 4.22. The first kappa shape index (κ1) is 33.6. The van der Waals surface area contributed by atoms with E-state index in [4.69, 9.17) is 0 Å². The molecule has 0 aromatic heterocycles. The molecule has 16 unspecified atom stereocenters. The van der Waals surface area contributed by atoms with E-state index in [1.165, 1.54) is 75.1 Å². The van der Waals surface area contributed by atoms with Crippen LogP contribution in [0.3, 0.4) is 0 Å². The molecule has 41 heavy (non-hydrogen) atoms. The second-order valence-electron chi connectivity index (χ2n) is 16.1. The monoisotopic (exact) mass is 1010 g/mol. The molecule has 0 saturated heterocycles. The fourth-order valence-corrected chi connectivity index (χ4v) is 16.7. The van der Waals surface area contributed by atoms with Crippen LogP contribution in [0.25, 0.3) is 0 Å². The van der Waals surface area contributed by atoms with Crippen LogP contribution in [0.15, 0.2) is 11.1 Å². The zero-order valence-electron chi connectivity index (χ0n) is 26.5. The lowest BCUT2D eigenvalue weighted by molar-refractivity contribution is 0.0783. The maximum absolute atomic E-state index is 3.01. The summed E-state index contributed by atoms with van der Waals surface area (Å²) in [6.45, 7) is 13.3. The summed E-state index contributed by atoms with van der Waals surface area (Å²) in [5, 5.41) is 0. The van der Waals surface area contributed by atoms with Crippen molar-refractivity contribution >= 4 is 90.4 Å². The Labute approximate surface area is 308 Å². The molecular formula is C37H58I4. The van der Waals surface area contributed by atoms with E-state index in [0.29, 0.717) is 0 Å². The van der Waals surface area contributed by atoms with Crippen molar-refractivity contribution in [3.8, 4) is 0 Å². The highest BCUT2D eigenvalue weighted by Crippen LogP contribution is 2.74. The van der Waals surface area contributed by atoms with Crippen LogP contribution in [0, 0.1) is 82.9 Å². The summed E-state index contributed by atoms with van der Waals surface area (Å²) in [5.74, 6) is 13.3. The van der Waals surface area contributed by atoms with Crippen molar-refractivity contribution in [3.63, 3.8) is 0 Å². The van der Waals surface area contributed by atoms with Gasteiger partial charge in [-0.3, -0.25) is 0 Å². The van der Waals surface area contributed by atoms with Crippen molar-refractivity contribution in [2.75, 3.05) is 4.43 Å². The highest BCUT2D eigenvalue weighted by atomic mass is 127. The Balaban J connectivity index is 1.31. The van der Waals surface area contributed by atoms with Crippen LogP contribution < -0.4 is 0 Å². The van der Waals surface area contributed by atoms with Crippen LogP contribution in [0.1, 0.15) is 112 Å². The van der Waals surface area contributed by atoms with E-state index in [-0.39, 0.29) is 0 Å². The third kappa shape index (κ3) is 5.97. The Morgan fingerprint density at radius 3 is 2.27 bits per heavy atom. The highest BCUT2D eigenvalue weighted by molar-refractivity contribution is 14.1. The fourth-order valence-electron chi connectivity index (χ4n) is 12.6. The first-order chi connectivity index (χ1) is 19.7. The summed E-state index contributed by atoms with van der Waals surface area (Å²) >= 11 is 11.4. The Kier molecular flexibility index (Phi) is 11.5. The van der Waals surface area contributed by atoms with Gasteiger partial charge >= 0.3 is 0 Å². The molecule has 4 saturated carbocycles. The van der Waals surface area contributed by atoms with E-state index in [1.807, 2.05) is 0 Å². The lowest BCUT2D eigenvalue weighted by Crippen LogP contribution is -2.39. The number of hydrogen-bond donors (Lipinski definition) is 0. The molecule has 0 nitrogen and oxygen atoms in total. The average Bonchev–Trinajstić information content (AvgIpc) is 3.29. The summed E-state index contributed by atoms with van der Waals surface area (Å²) < 4.78 is 3.98. The summed E-state index contributed by atoms with van der Waals surface area (Å²) in [4.78, 5) is 0. The normalized spacial score (nSPS) is 50.7. The van der Waals surface area contributed by atoms with Gasteiger partial charge < -0.3 is 0 Å². The lowest BCUT2D eigenvalue weighted by Gasteiger charge is -2.44. The molecule has 0 spiro atoms. The maximum atomic E-state index is 3.01. The molecule has 4 fully saturated rings. The summed E-state index contributed by atoms with van der Waals surface area (Å²) in [7, 11) is 0. The number of halogens is 4. The van der Waals surface area contributed by atoms with Crippen molar-refractivity contribution in [3.05, 3.63) is 11.1 Å².